The number of nitriles is 1. The number of methoxy groups -OCH3 is 1. The maximum Gasteiger partial charge on any atom is 0.219 e. The Bertz CT molecular complexity index is 627. The van der Waals surface area contributed by atoms with Crippen molar-refractivity contribution in [2.45, 2.75) is 19.0 Å². The van der Waals surface area contributed by atoms with Crippen LogP contribution in [-0.4, -0.2) is 22.4 Å². The highest BCUT2D eigenvalue weighted by Crippen LogP contribution is 2.28. The van der Waals surface area contributed by atoms with Crippen LogP contribution in [0.3, 0.4) is 0 Å². The molecule has 18 heavy (non-hydrogen) atoms. The molecule has 1 heterocycles. The molecule has 2 N–H and O–H groups in total. The third kappa shape index (κ3) is 2.33. The normalized spacial score (nSPS) is 14.2. The lowest BCUT2D eigenvalue weighted by molar-refractivity contribution is 0.343. The van der Waals surface area contributed by atoms with E-state index in [0.717, 1.165) is 15.4 Å². The molecule has 5 nitrogen and oxygen atoms in total. The number of nitrogens with two attached hydrogens (primary N) is 1. The maximum atomic E-state index is 8.97. The van der Waals surface area contributed by atoms with Crippen LogP contribution in [0, 0.1) is 11.3 Å². The Hall–Kier alpha value is -1.58. The number of rotatable bonds is 3. The molecule has 0 aliphatic rings. The minimum Gasteiger partial charge on any atom is -0.481 e. The van der Waals surface area contributed by atoms with E-state index in [2.05, 4.69) is 21.0 Å². The molecule has 94 valence electrons. The van der Waals surface area contributed by atoms with Gasteiger partial charge in [0.1, 0.15) is 5.54 Å². The van der Waals surface area contributed by atoms with Gasteiger partial charge in [-0.1, -0.05) is 15.9 Å². The van der Waals surface area contributed by atoms with Crippen LogP contribution in [0.2, 0.25) is 0 Å². The van der Waals surface area contributed by atoms with Gasteiger partial charge in [-0.3, -0.25) is 0 Å². The van der Waals surface area contributed by atoms with Gasteiger partial charge in [-0.25, -0.2) is 4.68 Å². The summed E-state index contributed by atoms with van der Waals surface area (Å²) in [5, 5.41) is 14.3. The van der Waals surface area contributed by atoms with Gasteiger partial charge in [-0.05, 0) is 25.1 Å². The number of ether oxygens (including phenoxy) is 1. The lowest BCUT2D eigenvalue weighted by Gasteiger charge is -2.16. The molecule has 2 rings (SSSR count). The average molecular weight is 309 g/mol. The second-order valence-corrected chi connectivity index (χ2v) is 5.27. The van der Waals surface area contributed by atoms with Crippen molar-refractivity contribution in [3.8, 4) is 11.9 Å². The summed E-state index contributed by atoms with van der Waals surface area (Å²) in [5.74, 6) is 0.615. The van der Waals surface area contributed by atoms with Crippen LogP contribution in [0.5, 0.6) is 5.88 Å². The second-order valence-electron chi connectivity index (χ2n) is 4.36. The van der Waals surface area contributed by atoms with Gasteiger partial charge in [0.15, 0.2) is 0 Å². The van der Waals surface area contributed by atoms with Crippen LogP contribution in [0.15, 0.2) is 22.7 Å². The van der Waals surface area contributed by atoms with Crippen molar-refractivity contribution in [2.24, 2.45) is 5.73 Å². The highest BCUT2D eigenvalue weighted by Gasteiger charge is 2.22. The van der Waals surface area contributed by atoms with Crippen LogP contribution in [0.4, 0.5) is 0 Å². The van der Waals surface area contributed by atoms with E-state index < -0.39 is 5.54 Å². The lowest BCUT2D eigenvalue weighted by atomic mass is 10.1. The lowest BCUT2D eigenvalue weighted by Crippen LogP contribution is -2.39. The second kappa shape index (κ2) is 4.59. The van der Waals surface area contributed by atoms with E-state index in [4.69, 9.17) is 15.7 Å². The van der Waals surface area contributed by atoms with Gasteiger partial charge >= 0.3 is 0 Å². The van der Waals surface area contributed by atoms with E-state index in [1.807, 2.05) is 24.3 Å². The first-order chi connectivity index (χ1) is 8.46. The molecule has 0 saturated carbocycles. The molecule has 0 amide bonds. The minimum absolute atomic E-state index is 0.277. The standard InChI is InChI=1S/C12H13BrN4O/c1-12(15,6-14)7-17-11(18-2)9-4-3-8(13)5-10(9)16-17/h3-5H,7,15H2,1-2H3. The average Bonchev–Trinajstić information content (AvgIpc) is 2.64. The van der Waals surface area contributed by atoms with Crippen LogP contribution >= 0.6 is 15.9 Å². The number of aromatic nitrogens is 2. The van der Waals surface area contributed by atoms with Gasteiger partial charge in [0.25, 0.3) is 0 Å². The topological polar surface area (TPSA) is 76.9 Å². The molecule has 0 saturated heterocycles. The summed E-state index contributed by atoms with van der Waals surface area (Å²) in [4.78, 5) is 0. The molecule has 1 atom stereocenters. The molecule has 0 aliphatic heterocycles. The van der Waals surface area contributed by atoms with Gasteiger partial charge in [-0.2, -0.15) is 10.4 Å². The quantitative estimate of drug-likeness (QED) is 0.941. The Balaban J connectivity index is 2.54. The van der Waals surface area contributed by atoms with Gasteiger partial charge in [0.05, 0.1) is 30.6 Å². The molecule has 1 aromatic carbocycles. The van der Waals surface area contributed by atoms with Crippen molar-refractivity contribution in [2.75, 3.05) is 7.11 Å². The number of hydrogen-bond donors (Lipinski definition) is 1. The molecule has 1 unspecified atom stereocenters. The fourth-order valence-corrected chi connectivity index (χ4v) is 2.10. The van der Waals surface area contributed by atoms with Gasteiger partial charge < -0.3 is 10.5 Å². The van der Waals surface area contributed by atoms with Crippen LogP contribution in [-0.2, 0) is 6.54 Å². The molecule has 0 fully saturated rings. The number of benzene rings is 1. The Morgan fingerprint density at radius 2 is 2.33 bits per heavy atom. The summed E-state index contributed by atoms with van der Waals surface area (Å²) in [6, 6.07) is 7.78. The molecule has 0 radical (unpaired) electrons. The van der Waals surface area contributed by atoms with E-state index >= 15 is 0 Å². The molecule has 0 aliphatic carbocycles. The van der Waals surface area contributed by atoms with Crippen molar-refractivity contribution in [3.05, 3.63) is 22.7 Å². The Kier molecular flexibility index (Phi) is 3.28. The van der Waals surface area contributed by atoms with Crippen molar-refractivity contribution in [1.82, 2.24) is 9.78 Å². The summed E-state index contributed by atoms with van der Waals surface area (Å²) in [7, 11) is 1.58. The zero-order chi connectivity index (χ0) is 13.3. The van der Waals surface area contributed by atoms with Gasteiger partial charge in [-0.15, -0.1) is 0 Å². The van der Waals surface area contributed by atoms with Crippen molar-refractivity contribution in [1.29, 1.82) is 5.26 Å². The van der Waals surface area contributed by atoms with Gasteiger partial charge in [0, 0.05) is 4.47 Å². The highest BCUT2D eigenvalue weighted by atomic mass is 79.9. The molecular weight excluding hydrogens is 296 g/mol. The first-order valence-electron chi connectivity index (χ1n) is 5.37. The third-order valence-corrected chi connectivity index (χ3v) is 3.07. The van der Waals surface area contributed by atoms with Crippen molar-refractivity contribution >= 4 is 26.8 Å². The monoisotopic (exact) mass is 308 g/mol. The molecule has 6 heteroatoms. The highest BCUT2D eigenvalue weighted by molar-refractivity contribution is 9.10. The van der Waals surface area contributed by atoms with E-state index in [9.17, 15) is 0 Å². The molecular formula is C12H13BrN4O. The number of nitrogens with zero attached hydrogens (tertiary/aromatic N) is 3. The van der Waals surface area contributed by atoms with Gasteiger partial charge in [0.2, 0.25) is 5.88 Å². The Morgan fingerprint density at radius 3 is 2.94 bits per heavy atom. The largest absolute Gasteiger partial charge is 0.481 e. The Labute approximate surface area is 113 Å². The fraction of sp³-hybridized carbons (Fsp3) is 0.333. The van der Waals surface area contributed by atoms with E-state index in [1.54, 1.807) is 18.7 Å². The summed E-state index contributed by atoms with van der Waals surface area (Å²) < 4.78 is 7.92. The smallest absolute Gasteiger partial charge is 0.219 e. The molecule has 0 spiro atoms. The van der Waals surface area contributed by atoms with Crippen LogP contribution in [0.1, 0.15) is 6.92 Å². The van der Waals surface area contributed by atoms with Crippen LogP contribution in [0.25, 0.3) is 10.9 Å². The molecule has 0 bridgehead atoms. The molecule has 1 aromatic heterocycles. The summed E-state index contributed by atoms with van der Waals surface area (Å²) >= 11 is 3.40. The third-order valence-electron chi connectivity index (χ3n) is 2.58. The van der Waals surface area contributed by atoms with E-state index in [-0.39, 0.29) is 6.54 Å². The summed E-state index contributed by atoms with van der Waals surface area (Å²) in [5.41, 5.74) is 5.66. The summed E-state index contributed by atoms with van der Waals surface area (Å²) in [6.07, 6.45) is 0. The van der Waals surface area contributed by atoms with Crippen molar-refractivity contribution < 1.29 is 4.74 Å². The number of halogens is 1. The van der Waals surface area contributed by atoms with E-state index in [1.165, 1.54) is 0 Å². The minimum atomic E-state index is -0.980. The number of fused-ring (bicyclic) bond motifs is 1. The van der Waals surface area contributed by atoms with Crippen molar-refractivity contribution in [3.63, 3.8) is 0 Å². The van der Waals surface area contributed by atoms with Crippen LogP contribution < -0.4 is 10.5 Å². The summed E-state index contributed by atoms with van der Waals surface area (Å²) in [6.45, 7) is 1.94. The molecule has 2 aromatic rings. The zero-order valence-electron chi connectivity index (χ0n) is 10.1. The SMILES string of the molecule is COc1c2ccc(Br)cc2nn1CC(C)(N)C#N. The number of hydrogen-bond acceptors (Lipinski definition) is 4. The zero-order valence-corrected chi connectivity index (χ0v) is 11.7. The fourth-order valence-electron chi connectivity index (χ4n) is 1.75. The Morgan fingerprint density at radius 1 is 1.61 bits per heavy atom. The first kappa shape index (κ1) is 12.9. The predicted octanol–water partition coefficient (Wildman–Crippen LogP) is 2.05. The van der Waals surface area contributed by atoms with E-state index in [0.29, 0.717) is 5.88 Å². The maximum absolute atomic E-state index is 8.97. The predicted molar refractivity (Wildman–Crippen MR) is 72.2 cm³/mol. The first-order valence-corrected chi connectivity index (χ1v) is 6.16.